The van der Waals surface area contributed by atoms with Crippen LogP contribution in [0.5, 0.6) is 0 Å². The number of aromatic nitrogens is 2. The van der Waals surface area contributed by atoms with E-state index in [2.05, 4.69) is 166 Å². The molecule has 0 fully saturated rings. The molecule has 0 spiro atoms. The number of hydrogen-bond donors (Lipinski definition) is 2. The molecule has 0 saturated heterocycles. The van der Waals surface area contributed by atoms with Gasteiger partial charge in [0.05, 0.1) is 5.69 Å². The van der Waals surface area contributed by atoms with E-state index in [9.17, 15) is 0 Å². The summed E-state index contributed by atoms with van der Waals surface area (Å²) in [6.07, 6.45) is 1.76. The fourth-order valence-corrected chi connectivity index (χ4v) is 6.38. The van der Waals surface area contributed by atoms with Crippen LogP contribution in [0.25, 0.3) is 21.5 Å². The summed E-state index contributed by atoms with van der Waals surface area (Å²) in [4.78, 5) is 11.6. The molecule has 0 aliphatic rings. The molecule has 0 amide bonds. The van der Waals surface area contributed by atoms with Crippen molar-refractivity contribution in [2.45, 2.75) is 52.4 Å². The zero-order valence-electron chi connectivity index (χ0n) is 31.1. The number of benzene rings is 5. The van der Waals surface area contributed by atoms with Crippen LogP contribution in [0.15, 0.2) is 140 Å². The van der Waals surface area contributed by atoms with Crippen molar-refractivity contribution in [3.05, 3.63) is 162 Å². The Morgan fingerprint density at radius 1 is 0.519 bits per heavy atom. The molecule has 5 heteroatoms. The summed E-state index contributed by atoms with van der Waals surface area (Å²) in [5.74, 6) is 8.39. The second kappa shape index (κ2) is 15.1. The normalized spacial score (nSPS) is 11.3. The molecule has 0 radical (unpaired) electrons. The first-order chi connectivity index (χ1) is 25.1. The zero-order chi connectivity index (χ0) is 36.9. The Morgan fingerprint density at radius 2 is 1.00 bits per heavy atom. The van der Waals surface area contributed by atoms with Crippen LogP contribution in [0.3, 0.4) is 0 Å². The van der Waals surface area contributed by atoms with Crippen molar-refractivity contribution in [2.75, 3.05) is 17.3 Å². The van der Waals surface area contributed by atoms with Crippen molar-refractivity contribution in [3.63, 3.8) is 0 Å². The molecule has 2 N–H and O–H groups in total. The van der Waals surface area contributed by atoms with Crippen molar-refractivity contribution in [1.82, 2.24) is 9.97 Å². The lowest BCUT2D eigenvalue weighted by atomic mass is 9.86. The van der Waals surface area contributed by atoms with E-state index in [-0.39, 0.29) is 10.8 Å². The molecule has 7 rings (SSSR count). The van der Waals surface area contributed by atoms with Crippen molar-refractivity contribution in [1.29, 1.82) is 0 Å². The third kappa shape index (κ3) is 7.68. The Labute approximate surface area is 308 Å². The van der Waals surface area contributed by atoms with E-state index in [4.69, 9.17) is 10.1 Å². The van der Waals surface area contributed by atoms with E-state index in [1.807, 2.05) is 36.4 Å². The minimum absolute atomic E-state index is 0.0559. The first-order valence-corrected chi connectivity index (χ1v) is 17.6. The SMILES string of the molecule is CC(C)(C)c1ccc(N(c2ccc(C(C)(C)C)cc2)c2c3ccccc3c(C#Cc3cccc(Nc4ccccn4)n3)c3ccccc23)cc1.CO. The lowest BCUT2D eigenvalue weighted by Crippen LogP contribution is -2.15. The highest BCUT2D eigenvalue weighted by Crippen LogP contribution is 2.46. The number of hydrogen-bond acceptors (Lipinski definition) is 5. The molecule has 0 aliphatic carbocycles. The van der Waals surface area contributed by atoms with Gasteiger partial charge in [0, 0.05) is 51.8 Å². The molecule has 52 heavy (non-hydrogen) atoms. The first-order valence-electron chi connectivity index (χ1n) is 17.6. The van der Waals surface area contributed by atoms with Crippen LogP contribution >= 0.6 is 0 Å². The highest BCUT2D eigenvalue weighted by molar-refractivity contribution is 6.17. The van der Waals surface area contributed by atoms with E-state index in [1.54, 1.807) is 6.20 Å². The first kappa shape index (κ1) is 35.9. The molecular weight excluding hydrogens is 637 g/mol. The van der Waals surface area contributed by atoms with Gasteiger partial charge < -0.3 is 15.3 Å². The summed E-state index contributed by atoms with van der Waals surface area (Å²) in [6.45, 7) is 13.6. The predicted octanol–water partition coefficient (Wildman–Crippen LogP) is 11.6. The summed E-state index contributed by atoms with van der Waals surface area (Å²) in [6, 6.07) is 46.9. The lowest BCUT2D eigenvalue weighted by molar-refractivity contribution is 0.399. The summed E-state index contributed by atoms with van der Waals surface area (Å²) >= 11 is 0. The van der Waals surface area contributed by atoms with Crippen molar-refractivity contribution in [2.24, 2.45) is 0 Å². The largest absolute Gasteiger partial charge is 0.400 e. The van der Waals surface area contributed by atoms with E-state index in [0.717, 1.165) is 57.1 Å². The van der Waals surface area contributed by atoms with Gasteiger partial charge in [-0.05, 0) is 76.4 Å². The van der Waals surface area contributed by atoms with Gasteiger partial charge in [-0.15, -0.1) is 0 Å². The van der Waals surface area contributed by atoms with E-state index >= 15 is 0 Å². The highest BCUT2D eigenvalue weighted by atomic mass is 16.2. The van der Waals surface area contributed by atoms with Gasteiger partial charge in [0.15, 0.2) is 0 Å². The Morgan fingerprint density at radius 3 is 1.48 bits per heavy atom. The second-order valence-electron chi connectivity index (χ2n) is 14.7. The average molecular weight is 683 g/mol. The number of rotatable bonds is 5. The molecule has 0 atom stereocenters. The van der Waals surface area contributed by atoms with Gasteiger partial charge in [0.1, 0.15) is 17.3 Å². The van der Waals surface area contributed by atoms with Gasteiger partial charge in [0.25, 0.3) is 0 Å². The molecular formula is C47H46N4O. The molecule has 0 unspecified atom stereocenters. The number of pyridine rings is 2. The summed E-state index contributed by atoms with van der Waals surface area (Å²) in [5, 5.41) is 14.7. The minimum atomic E-state index is 0.0559. The van der Waals surface area contributed by atoms with Gasteiger partial charge in [-0.2, -0.15) is 0 Å². The van der Waals surface area contributed by atoms with E-state index < -0.39 is 0 Å². The Kier molecular flexibility index (Phi) is 10.4. The monoisotopic (exact) mass is 682 g/mol. The maximum atomic E-state index is 7.00. The van der Waals surface area contributed by atoms with Crippen LogP contribution in [0.2, 0.25) is 0 Å². The predicted molar refractivity (Wildman–Crippen MR) is 219 cm³/mol. The van der Waals surface area contributed by atoms with Crippen molar-refractivity contribution < 1.29 is 5.11 Å². The standard InChI is InChI=1S/C46H42N4.CH4O/c1-45(2,3)32-21-26-35(27-22-32)50(36-28-23-33(24-29-36)46(4,5)6)44-40-17-9-7-15-37(40)39(38-16-8-10-18-41(38)44)30-25-34-14-13-20-43(48-34)49-42-19-11-12-31-47-42;1-2/h7-24,26-29,31H,1-6H3,(H,47,48,49);2H,1H3. The summed E-state index contributed by atoms with van der Waals surface area (Å²) in [7, 11) is 1.00. The smallest absolute Gasteiger partial charge is 0.132 e. The Balaban J connectivity index is 0.00000228. The topological polar surface area (TPSA) is 61.3 Å². The fourth-order valence-electron chi connectivity index (χ4n) is 6.38. The Hall–Kier alpha value is -5.96. The molecule has 7 aromatic rings. The number of aliphatic hydroxyl groups excluding tert-OH is 1. The number of fused-ring (bicyclic) bond motifs is 2. The molecule has 5 nitrogen and oxygen atoms in total. The molecule has 0 bridgehead atoms. The van der Waals surface area contributed by atoms with Crippen LogP contribution < -0.4 is 10.2 Å². The maximum absolute atomic E-state index is 7.00. The van der Waals surface area contributed by atoms with Gasteiger partial charge in [-0.1, -0.05) is 132 Å². The lowest BCUT2D eigenvalue weighted by Gasteiger charge is -2.30. The van der Waals surface area contributed by atoms with Crippen LogP contribution in [-0.2, 0) is 10.8 Å². The number of nitrogens with zero attached hydrogens (tertiary/aromatic N) is 3. The summed E-state index contributed by atoms with van der Waals surface area (Å²) < 4.78 is 0. The molecule has 5 aromatic carbocycles. The number of aliphatic hydroxyl groups is 1. The van der Waals surface area contributed by atoms with Gasteiger partial charge in [0.2, 0.25) is 0 Å². The minimum Gasteiger partial charge on any atom is -0.400 e. The van der Waals surface area contributed by atoms with E-state index in [1.165, 1.54) is 11.1 Å². The quantitative estimate of drug-likeness (QED) is 0.140. The van der Waals surface area contributed by atoms with Crippen molar-refractivity contribution >= 4 is 50.2 Å². The molecule has 260 valence electrons. The van der Waals surface area contributed by atoms with Gasteiger partial charge in [-0.3, -0.25) is 0 Å². The van der Waals surface area contributed by atoms with Gasteiger partial charge >= 0.3 is 0 Å². The highest BCUT2D eigenvalue weighted by Gasteiger charge is 2.23. The third-order valence-corrected chi connectivity index (χ3v) is 9.10. The summed E-state index contributed by atoms with van der Waals surface area (Å²) in [5.41, 5.74) is 7.73. The fraction of sp³-hybridized carbons (Fsp3) is 0.191. The molecule has 0 aliphatic heterocycles. The number of anilines is 5. The van der Waals surface area contributed by atoms with Crippen molar-refractivity contribution in [3.8, 4) is 11.8 Å². The average Bonchev–Trinajstić information content (AvgIpc) is 3.15. The van der Waals surface area contributed by atoms with Crippen LogP contribution in [-0.4, -0.2) is 22.2 Å². The van der Waals surface area contributed by atoms with Crippen LogP contribution in [0.4, 0.5) is 28.7 Å². The van der Waals surface area contributed by atoms with E-state index in [0.29, 0.717) is 11.5 Å². The van der Waals surface area contributed by atoms with Gasteiger partial charge in [-0.25, -0.2) is 9.97 Å². The molecule has 2 heterocycles. The zero-order valence-corrected chi connectivity index (χ0v) is 31.1. The second-order valence-corrected chi connectivity index (χ2v) is 14.7. The molecule has 2 aromatic heterocycles. The maximum Gasteiger partial charge on any atom is 0.132 e. The molecule has 0 saturated carbocycles. The van der Waals surface area contributed by atoms with Crippen LogP contribution in [0.1, 0.15) is 63.9 Å². The number of nitrogens with one attached hydrogen (secondary N) is 1. The Bertz CT molecular complexity index is 2240. The van der Waals surface area contributed by atoms with Crippen LogP contribution in [0, 0.1) is 11.8 Å². The third-order valence-electron chi connectivity index (χ3n) is 9.10.